The van der Waals surface area contributed by atoms with E-state index < -0.39 is 5.60 Å². The molecule has 0 aliphatic carbocycles. The molecule has 2 heterocycles. The first-order chi connectivity index (χ1) is 14.7. The third-order valence-corrected chi connectivity index (χ3v) is 5.17. The molecule has 4 rings (SSSR count). The van der Waals surface area contributed by atoms with Crippen molar-refractivity contribution in [1.29, 1.82) is 0 Å². The second kappa shape index (κ2) is 7.58. The lowest BCUT2D eigenvalue weighted by Gasteiger charge is -2.20. The number of nitrogens with one attached hydrogen (secondary N) is 1. The molecule has 0 unspecified atom stereocenters. The Morgan fingerprint density at radius 3 is 2.48 bits per heavy atom. The van der Waals surface area contributed by atoms with E-state index in [9.17, 15) is 9.59 Å². The highest BCUT2D eigenvalue weighted by Gasteiger charge is 2.23. The van der Waals surface area contributed by atoms with Gasteiger partial charge in [-0.25, -0.2) is 5.10 Å². The van der Waals surface area contributed by atoms with Crippen LogP contribution in [0.3, 0.4) is 0 Å². The zero-order chi connectivity index (χ0) is 22.3. The van der Waals surface area contributed by atoms with E-state index in [1.165, 1.54) is 0 Å². The summed E-state index contributed by atoms with van der Waals surface area (Å²) < 4.78 is 12.9. The molecule has 31 heavy (non-hydrogen) atoms. The second-order valence-corrected chi connectivity index (χ2v) is 8.46. The van der Waals surface area contributed by atoms with E-state index in [1.54, 1.807) is 13.2 Å². The van der Waals surface area contributed by atoms with Gasteiger partial charge in [-0.15, -0.1) is 0 Å². The SMILES string of the molecule is COc1ccc2c(c1)c(-c1n[nH]c(=O)c3ccccc13)c(C)n2CC(=O)OC(C)(C)C. The van der Waals surface area contributed by atoms with E-state index in [0.29, 0.717) is 16.8 Å². The number of methoxy groups -OCH3 is 1. The summed E-state index contributed by atoms with van der Waals surface area (Å²) in [5, 5.41) is 9.17. The molecule has 0 radical (unpaired) electrons. The van der Waals surface area contributed by atoms with E-state index in [4.69, 9.17) is 9.47 Å². The summed E-state index contributed by atoms with van der Waals surface area (Å²) in [7, 11) is 1.61. The number of aromatic amines is 1. The van der Waals surface area contributed by atoms with Crippen molar-refractivity contribution >= 4 is 27.6 Å². The molecule has 2 aromatic carbocycles. The zero-order valence-corrected chi connectivity index (χ0v) is 18.3. The van der Waals surface area contributed by atoms with Crippen LogP contribution in [0, 0.1) is 6.92 Å². The number of H-pyrrole nitrogens is 1. The number of esters is 1. The molecule has 0 atom stereocenters. The van der Waals surface area contributed by atoms with E-state index in [0.717, 1.165) is 27.5 Å². The Labute approximate surface area is 179 Å². The largest absolute Gasteiger partial charge is 0.497 e. The van der Waals surface area contributed by atoms with Crippen molar-refractivity contribution in [1.82, 2.24) is 14.8 Å². The fraction of sp³-hybridized carbons (Fsp3) is 0.292. The van der Waals surface area contributed by atoms with Crippen LogP contribution in [-0.4, -0.2) is 33.4 Å². The number of carbonyl (C=O) groups is 1. The lowest BCUT2D eigenvalue weighted by molar-refractivity contribution is -0.155. The monoisotopic (exact) mass is 419 g/mol. The van der Waals surface area contributed by atoms with Crippen LogP contribution in [0.5, 0.6) is 5.75 Å². The van der Waals surface area contributed by atoms with Crippen molar-refractivity contribution < 1.29 is 14.3 Å². The molecular formula is C24H25N3O4. The van der Waals surface area contributed by atoms with Gasteiger partial charge in [-0.2, -0.15) is 5.10 Å². The number of rotatable bonds is 4. The van der Waals surface area contributed by atoms with Crippen LogP contribution in [0.2, 0.25) is 0 Å². The van der Waals surface area contributed by atoms with Crippen molar-refractivity contribution in [2.24, 2.45) is 0 Å². The molecule has 1 N–H and O–H groups in total. The van der Waals surface area contributed by atoms with E-state index in [2.05, 4.69) is 10.2 Å². The van der Waals surface area contributed by atoms with Gasteiger partial charge in [-0.1, -0.05) is 18.2 Å². The summed E-state index contributed by atoms with van der Waals surface area (Å²) in [5.74, 6) is 0.367. The zero-order valence-electron chi connectivity index (χ0n) is 18.3. The molecule has 160 valence electrons. The summed E-state index contributed by atoms with van der Waals surface area (Å²) in [4.78, 5) is 24.9. The molecule has 4 aromatic rings. The lowest BCUT2D eigenvalue weighted by atomic mass is 10.0. The van der Waals surface area contributed by atoms with Gasteiger partial charge in [0.05, 0.1) is 12.5 Å². The van der Waals surface area contributed by atoms with Crippen molar-refractivity contribution in [3.63, 3.8) is 0 Å². The number of carbonyl (C=O) groups excluding carboxylic acids is 1. The summed E-state index contributed by atoms with van der Waals surface area (Å²) >= 11 is 0. The predicted molar refractivity (Wildman–Crippen MR) is 120 cm³/mol. The Bertz CT molecular complexity index is 1360. The highest BCUT2D eigenvalue weighted by atomic mass is 16.6. The minimum Gasteiger partial charge on any atom is -0.497 e. The quantitative estimate of drug-likeness (QED) is 0.501. The molecule has 0 amide bonds. The Balaban J connectivity index is 1.98. The van der Waals surface area contributed by atoms with Crippen LogP contribution in [0.4, 0.5) is 0 Å². The molecule has 0 aliphatic heterocycles. The van der Waals surface area contributed by atoms with Crippen molar-refractivity contribution in [3.05, 3.63) is 58.5 Å². The molecule has 0 saturated heterocycles. The number of fused-ring (bicyclic) bond motifs is 2. The van der Waals surface area contributed by atoms with Crippen LogP contribution < -0.4 is 10.3 Å². The summed E-state index contributed by atoms with van der Waals surface area (Å²) in [6, 6.07) is 13.0. The maximum Gasteiger partial charge on any atom is 0.326 e. The van der Waals surface area contributed by atoms with Gasteiger partial charge in [0.2, 0.25) is 0 Å². The highest BCUT2D eigenvalue weighted by Crippen LogP contribution is 2.38. The van der Waals surface area contributed by atoms with Crippen LogP contribution in [0.25, 0.3) is 32.9 Å². The first-order valence-electron chi connectivity index (χ1n) is 10.1. The molecule has 0 spiro atoms. The maximum absolute atomic E-state index is 12.6. The number of ether oxygens (including phenoxy) is 2. The summed E-state index contributed by atoms with van der Waals surface area (Å²) in [6.45, 7) is 7.54. The Morgan fingerprint density at radius 2 is 1.81 bits per heavy atom. The molecule has 0 bridgehead atoms. The number of hydrogen-bond acceptors (Lipinski definition) is 5. The van der Waals surface area contributed by atoms with Gasteiger partial charge < -0.3 is 14.0 Å². The van der Waals surface area contributed by atoms with Crippen molar-refractivity contribution in [2.45, 2.75) is 39.8 Å². The van der Waals surface area contributed by atoms with Crippen molar-refractivity contribution in [3.8, 4) is 17.0 Å². The Hall–Kier alpha value is -3.61. The van der Waals surface area contributed by atoms with Gasteiger partial charge in [0.1, 0.15) is 23.6 Å². The lowest BCUT2D eigenvalue weighted by Crippen LogP contribution is -2.26. The second-order valence-electron chi connectivity index (χ2n) is 8.46. The fourth-order valence-electron chi connectivity index (χ4n) is 3.90. The van der Waals surface area contributed by atoms with Gasteiger partial charge in [0, 0.05) is 27.5 Å². The van der Waals surface area contributed by atoms with E-state index in [-0.39, 0.29) is 18.1 Å². The maximum atomic E-state index is 12.6. The smallest absolute Gasteiger partial charge is 0.326 e. The Morgan fingerprint density at radius 1 is 1.10 bits per heavy atom. The predicted octanol–water partition coefficient (Wildman–Crippen LogP) is 4.20. The van der Waals surface area contributed by atoms with Gasteiger partial charge >= 0.3 is 5.97 Å². The van der Waals surface area contributed by atoms with Crippen LogP contribution in [0.1, 0.15) is 26.5 Å². The first kappa shape index (κ1) is 20.7. The van der Waals surface area contributed by atoms with Crippen LogP contribution >= 0.6 is 0 Å². The molecule has 0 aliphatic rings. The minimum absolute atomic E-state index is 0.0627. The van der Waals surface area contributed by atoms with Crippen LogP contribution in [-0.2, 0) is 16.1 Å². The fourth-order valence-corrected chi connectivity index (χ4v) is 3.90. The summed E-state index contributed by atoms with van der Waals surface area (Å²) in [5.41, 5.74) is 2.37. The van der Waals surface area contributed by atoms with Gasteiger partial charge in [-0.3, -0.25) is 9.59 Å². The average molecular weight is 419 g/mol. The third-order valence-electron chi connectivity index (χ3n) is 5.17. The van der Waals surface area contributed by atoms with Crippen LogP contribution in [0.15, 0.2) is 47.3 Å². The molecule has 7 heteroatoms. The highest BCUT2D eigenvalue weighted by molar-refractivity contribution is 6.05. The number of aromatic nitrogens is 3. The number of benzene rings is 2. The number of nitrogens with zero attached hydrogens (tertiary/aromatic N) is 2. The molecule has 0 saturated carbocycles. The molecular weight excluding hydrogens is 394 g/mol. The Kier molecular flexibility index (Phi) is 5.05. The van der Waals surface area contributed by atoms with E-state index in [1.807, 2.05) is 68.7 Å². The third kappa shape index (κ3) is 3.79. The van der Waals surface area contributed by atoms with Gasteiger partial charge in [-0.05, 0) is 52.0 Å². The number of hydrogen-bond donors (Lipinski definition) is 1. The van der Waals surface area contributed by atoms with Gasteiger partial charge in [0.15, 0.2) is 0 Å². The standard InChI is InChI=1S/C24H25N3O4/c1-14-21(22-16-8-6-7-9-17(16)23(29)26-25-22)18-12-15(30-5)10-11-19(18)27(14)13-20(28)31-24(2,3)4/h6-12H,13H2,1-5H3,(H,26,29). The van der Waals surface area contributed by atoms with E-state index >= 15 is 0 Å². The van der Waals surface area contributed by atoms with Crippen molar-refractivity contribution in [2.75, 3.05) is 7.11 Å². The summed E-state index contributed by atoms with van der Waals surface area (Å²) in [6.07, 6.45) is 0. The average Bonchev–Trinajstić information content (AvgIpc) is 2.98. The molecule has 0 fully saturated rings. The van der Waals surface area contributed by atoms with Gasteiger partial charge in [0.25, 0.3) is 5.56 Å². The molecule has 2 aromatic heterocycles. The topological polar surface area (TPSA) is 86.2 Å². The first-order valence-corrected chi connectivity index (χ1v) is 10.1. The minimum atomic E-state index is -0.573. The normalized spacial score (nSPS) is 11.8. The molecule has 7 nitrogen and oxygen atoms in total.